The summed E-state index contributed by atoms with van der Waals surface area (Å²) in [6.45, 7) is 5.61. The van der Waals surface area contributed by atoms with Crippen molar-refractivity contribution in [3.8, 4) is 0 Å². The van der Waals surface area contributed by atoms with Gasteiger partial charge in [-0.3, -0.25) is 14.5 Å². The summed E-state index contributed by atoms with van der Waals surface area (Å²) in [7, 11) is 1.49. The number of carbonyl (C=O) groups excluding carboxylic acids is 2. The Hall–Kier alpha value is -3.46. The highest BCUT2D eigenvalue weighted by Crippen LogP contribution is 2.34. The molecule has 166 valence electrons. The largest absolute Gasteiger partial charge is 0.365 e. The molecule has 0 aliphatic carbocycles. The summed E-state index contributed by atoms with van der Waals surface area (Å²) in [5, 5.41) is 6.59. The van der Waals surface area contributed by atoms with E-state index in [2.05, 4.69) is 32.7 Å². The summed E-state index contributed by atoms with van der Waals surface area (Å²) in [5.41, 5.74) is 3.63. The zero-order valence-corrected chi connectivity index (χ0v) is 18.1. The van der Waals surface area contributed by atoms with E-state index in [0.717, 1.165) is 36.2 Å². The van der Waals surface area contributed by atoms with E-state index in [1.807, 2.05) is 28.7 Å². The first-order valence-electron chi connectivity index (χ1n) is 10.8. The molecular formula is C23H25FN6O2. The van der Waals surface area contributed by atoms with Gasteiger partial charge in [-0.1, -0.05) is 6.07 Å². The van der Waals surface area contributed by atoms with Gasteiger partial charge in [0.2, 0.25) is 11.9 Å². The van der Waals surface area contributed by atoms with E-state index in [0.29, 0.717) is 18.8 Å². The Labute approximate surface area is 185 Å². The maximum absolute atomic E-state index is 14.5. The molecule has 1 atom stereocenters. The van der Waals surface area contributed by atoms with Crippen molar-refractivity contribution >= 4 is 34.1 Å². The summed E-state index contributed by atoms with van der Waals surface area (Å²) in [6.07, 6.45) is 1.98. The Morgan fingerprint density at radius 1 is 1.19 bits per heavy atom. The minimum Gasteiger partial charge on any atom is -0.365 e. The fourth-order valence-electron chi connectivity index (χ4n) is 4.57. The molecule has 1 unspecified atom stereocenters. The standard InChI is InChI=1S/C23H25FN6O2/c1-14-22(31)27-17-4-3-15(16-7-8-30(14)20(16)17)13-28-9-11-29(12-10-28)19-6-5-18(23(32)25-2)26-21(19)24/h3-8,14H,9-13H2,1-2H3,(H,25,32)(H,27,31). The predicted octanol–water partition coefficient (Wildman–Crippen LogP) is 2.37. The first kappa shape index (κ1) is 20.4. The van der Waals surface area contributed by atoms with Crippen LogP contribution < -0.4 is 15.5 Å². The second kappa shape index (κ2) is 7.90. The van der Waals surface area contributed by atoms with Gasteiger partial charge in [-0.25, -0.2) is 4.98 Å². The summed E-state index contributed by atoms with van der Waals surface area (Å²) in [6, 6.07) is 9.08. The number of pyridine rings is 1. The SMILES string of the molecule is CNC(=O)c1ccc(N2CCN(Cc3ccc4c5c3ccn5C(C)C(=O)N4)CC2)c(F)n1. The lowest BCUT2D eigenvalue weighted by atomic mass is 10.1. The molecule has 0 bridgehead atoms. The van der Waals surface area contributed by atoms with Crippen molar-refractivity contribution in [2.75, 3.05) is 43.4 Å². The van der Waals surface area contributed by atoms with Crippen LogP contribution in [0.2, 0.25) is 0 Å². The normalized spacial score (nSPS) is 18.7. The van der Waals surface area contributed by atoms with Crippen molar-refractivity contribution < 1.29 is 14.0 Å². The van der Waals surface area contributed by atoms with Gasteiger partial charge in [0.15, 0.2) is 0 Å². The molecule has 2 N–H and O–H groups in total. The third kappa shape index (κ3) is 3.38. The van der Waals surface area contributed by atoms with Gasteiger partial charge in [0.25, 0.3) is 5.91 Å². The van der Waals surface area contributed by atoms with E-state index in [1.54, 1.807) is 12.1 Å². The summed E-state index contributed by atoms with van der Waals surface area (Å²) < 4.78 is 16.5. The van der Waals surface area contributed by atoms with E-state index in [4.69, 9.17) is 0 Å². The van der Waals surface area contributed by atoms with Gasteiger partial charge in [-0.15, -0.1) is 0 Å². The summed E-state index contributed by atoms with van der Waals surface area (Å²) in [4.78, 5) is 31.9. The fraction of sp³-hybridized carbons (Fsp3) is 0.348. The maximum atomic E-state index is 14.5. The first-order valence-corrected chi connectivity index (χ1v) is 10.8. The molecule has 1 saturated heterocycles. The minimum atomic E-state index is -0.621. The Morgan fingerprint density at radius 2 is 1.97 bits per heavy atom. The van der Waals surface area contributed by atoms with Crippen molar-refractivity contribution in [3.63, 3.8) is 0 Å². The number of aromatic nitrogens is 2. The van der Waals surface area contributed by atoms with Crippen LogP contribution in [0.15, 0.2) is 36.5 Å². The second-order valence-electron chi connectivity index (χ2n) is 8.27. The molecule has 2 aromatic heterocycles. The minimum absolute atomic E-state index is 0.00366. The van der Waals surface area contributed by atoms with Gasteiger partial charge in [0.05, 0.1) is 16.9 Å². The summed E-state index contributed by atoms with van der Waals surface area (Å²) in [5.74, 6) is -1.02. The van der Waals surface area contributed by atoms with Gasteiger partial charge < -0.3 is 20.1 Å². The molecule has 2 aliphatic rings. The molecule has 3 aromatic rings. The Morgan fingerprint density at radius 3 is 2.69 bits per heavy atom. The molecule has 32 heavy (non-hydrogen) atoms. The van der Waals surface area contributed by atoms with Crippen LogP contribution in [0.4, 0.5) is 15.8 Å². The van der Waals surface area contributed by atoms with E-state index >= 15 is 0 Å². The summed E-state index contributed by atoms with van der Waals surface area (Å²) >= 11 is 0. The molecule has 9 heteroatoms. The fourth-order valence-corrected chi connectivity index (χ4v) is 4.57. The number of nitrogens with zero attached hydrogens (tertiary/aromatic N) is 4. The van der Waals surface area contributed by atoms with Crippen LogP contribution in [-0.4, -0.2) is 59.5 Å². The number of carbonyl (C=O) groups is 2. The van der Waals surface area contributed by atoms with Crippen molar-refractivity contribution in [3.05, 3.63) is 53.7 Å². The first-order chi connectivity index (χ1) is 15.5. The van der Waals surface area contributed by atoms with Crippen molar-refractivity contribution in [2.24, 2.45) is 0 Å². The third-order valence-corrected chi connectivity index (χ3v) is 6.42. The zero-order chi connectivity index (χ0) is 22.4. The van der Waals surface area contributed by atoms with Crippen molar-refractivity contribution in [1.82, 2.24) is 19.8 Å². The number of nitrogens with one attached hydrogen (secondary N) is 2. The van der Waals surface area contributed by atoms with E-state index in [-0.39, 0.29) is 17.6 Å². The lowest BCUT2D eigenvalue weighted by Crippen LogP contribution is -2.46. The molecule has 4 heterocycles. The third-order valence-electron chi connectivity index (χ3n) is 6.42. The number of amides is 2. The topological polar surface area (TPSA) is 82.5 Å². The highest BCUT2D eigenvalue weighted by atomic mass is 19.1. The molecule has 8 nitrogen and oxygen atoms in total. The smallest absolute Gasteiger partial charge is 0.269 e. The highest BCUT2D eigenvalue weighted by Gasteiger charge is 2.26. The molecular weight excluding hydrogens is 411 g/mol. The molecule has 0 saturated carbocycles. The molecule has 2 aliphatic heterocycles. The average molecular weight is 436 g/mol. The molecule has 0 radical (unpaired) electrons. The number of benzene rings is 1. The second-order valence-corrected chi connectivity index (χ2v) is 8.27. The molecule has 2 amide bonds. The lowest BCUT2D eigenvalue weighted by molar-refractivity contribution is -0.118. The highest BCUT2D eigenvalue weighted by molar-refractivity contribution is 6.07. The van der Waals surface area contributed by atoms with Crippen LogP contribution in [-0.2, 0) is 11.3 Å². The molecule has 0 spiro atoms. The van der Waals surface area contributed by atoms with Crippen molar-refractivity contribution in [2.45, 2.75) is 19.5 Å². The Balaban J connectivity index is 1.29. The maximum Gasteiger partial charge on any atom is 0.269 e. The Kier molecular flexibility index (Phi) is 5.05. The quantitative estimate of drug-likeness (QED) is 0.614. The van der Waals surface area contributed by atoms with Crippen LogP contribution in [0.3, 0.4) is 0 Å². The number of piperazine rings is 1. The molecule has 1 fully saturated rings. The number of rotatable bonds is 4. The van der Waals surface area contributed by atoms with E-state index in [9.17, 15) is 14.0 Å². The van der Waals surface area contributed by atoms with Crippen LogP contribution in [0, 0.1) is 5.95 Å². The number of anilines is 2. The van der Waals surface area contributed by atoms with E-state index in [1.165, 1.54) is 12.6 Å². The predicted molar refractivity (Wildman–Crippen MR) is 120 cm³/mol. The number of hydrogen-bond acceptors (Lipinski definition) is 5. The van der Waals surface area contributed by atoms with Gasteiger partial charge in [0, 0.05) is 51.4 Å². The van der Waals surface area contributed by atoms with Gasteiger partial charge >= 0.3 is 0 Å². The van der Waals surface area contributed by atoms with Gasteiger partial charge in [-0.05, 0) is 36.8 Å². The van der Waals surface area contributed by atoms with Crippen LogP contribution >= 0.6 is 0 Å². The average Bonchev–Trinajstić information content (AvgIpc) is 3.26. The lowest BCUT2D eigenvalue weighted by Gasteiger charge is -2.36. The van der Waals surface area contributed by atoms with Crippen LogP contribution in [0.5, 0.6) is 0 Å². The van der Waals surface area contributed by atoms with E-state index < -0.39 is 11.9 Å². The van der Waals surface area contributed by atoms with Crippen LogP contribution in [0.1, 0.15) is 29.0 Å². The zero-order valence-electron chi connectivity index (χ0n) is 18.1. The Bertz CT molecular complexity index is 1210. The monoisotopic (exact) mass is 436 g/mol. The molecule has 1 aromatic carbocycles. The number of halogens is 1. The number of hydrogen-bond donors (Lipinski definition) is 2. The van der Waals surface area contributed by atoms with Crippen molar-refractivity contribution in [1.29, 1.82) is 0 Å². The van der Waals surface area contributed by atoms with Gasteiger partial charge in [-0.2, -0.15) is 4.39 Å². The van der Waals surface area contributed by atoms with Crippen LogP contribution in [0.25, 0.3) is 10.9 Å². The molecule has 5 rings (SSSR count). The van der Waals surface area contributed by atoms with Gasteiger partial charge in [0.1, 0.15) is 11.7 Å².